The summed E-state index contributed by atoms with van der Waals surface area (Å²) in [7, 11) is 1.94. The standard InChI is InChI=1S/C19H15N5OS2/c1-23-16-7-14(6-13-10-26-11-21-13)27-18(16)15-8-22-24(19(25)17(15)23)9-12-4-2-3-5-20-12/h2-5,7-8,10-11H,6,9H2,1H3. The molecule has 0 fully saturated rings. The van der Waals surface area contributed by atoms with Gasteiger partial charge in [-0.1, -0.05) is 6.07 Å². The molecule has 0 saturated carbocycles. The van der Waals surface area contributed by atoms with Gasteiger partial charge < -0.3 is 4.57 Å². The number of hydrogen-bond donors (Lipinski definition) is 0. The quantitative estimate of drug-likeness (QED) is 0.469. The van der Waals surface area contributed by atoms with Gasteiger partial charge in [-0.25, -0.2) is 9.67 Å². The molecular formula is C19H15N5OS2. The van der Waals surface area contributed by atoms with Gasteiger partial charge in [-0.2, -0.15) is 5.10 Å². The minimum Gasteiger partial charge on any atom is -0.338 e. The highest BCUT2D eigenvalue weighted by Crippen LogP contribution is 2.34. The highest BCUT2D eigenvalue weighted by Gasteiger charge is 2.17. The second-order valence-corrected chi connectivity index (χ2v) is 8.19. The Morgan fingerprint density at radius 2 is 2.11 bits per heavy atom. The first kappa shape index (κ1) is 16.3. The van der Waals surface area contributed by atoms with E-state index in [0.717, 1.165) is 33.4 Å². The average molecular weight is 393 g/mol. The zero-order valence-electron chi connectivity index (χ0n) is 14.5. The summed E-state index contributed by atoms with van der Waals surface area (Å²) in [6, 6.07) is 7.82. The van der Waals surface area contributed by atoms with E-state index in [0.29, 0.717) is 12.1 Å². The molecule has 0 aliphatic rings. The lowest BCUT2D eigenvalue weighted by atomic mass is 10.3. The van der Waals surface area contributed by atoms with Gasteiger partial charge in [0.1, 0.15) is 5.52 Å². The summed E-state index contributed by atoms with van der Waals surface area (Å²) in [5.41, 5.74) is 5.40. The number of hydrogen-bond acceptors (Lipinski definition) is 6. The largest absolute Gasteiger partial charge is 0.338 e. The fourth-order valence-electron chi connectivity index (χ4n) is 3.31. The molecule has 5 aromatic heterocycles. The van der Waals surface area contributed by atoms with Crippen LogP contribution in [0.3, 0.4) is 0 Å². The van der Waals surface area contributed by atoms with Crippen LogP contribution in [0.2, 0.25) is 0 Å². The Morgan fingerprint density at radius 3 is 2.89 bits per heavy atom. The molecule has 0 N–H and O–H groups in total. The Balaban J connectivity index is 1.60. The maximum atomic E-state index is 13.0. The Hall–Kier alpha value is -2.84. The third-order valence-electron chi connectivity index (χ3n) is 4.60. The van der Waals surface area contributed by atoms with Gasteiger partial charge in [0.25, 0.3) is 5.56 Å². The van der Waals surface area contributed by atoms with Crippen LogP contribution in [0, 0.1) is 0 Å². The number of nitrogens with zero attached hydrogens (tertiary/aromatic N) is 5. The van der Waals surface area contributed by atoms with Crippen molar-refractivity contribution in [2.24, 2.45) is 7.05 Å². The van der Waals surface area contributed by atoms with Gasteiger partial charge in [0, 0.05) is 35.3 Å². The van der Waals surface area contributed by atoms with Crippen LogP contribution in [-0.4, -0.2) is 24.3 Å². The second-order valence-electron chi connectivity index (χ2n) is 6.33. The van der Waals surface area contributed by atoms with Crippen LogP contribution in [-0.2, 0) is 20.0 Å². The fraction of sp³-hybridized carbons (Fsp3) is 0.158. The molecule has 134 valence electrons. The lowest BCUT2D eigenvalue weighted by molar-refractivity contribution is 0.633. The monoisotopic (exact) mass is 393 g/mol. The molecule has 0 aliphatic carbocycles. The minimum absolute atomic E-state index is 0.0925. The molecule has 0 amide bonds. The predicted octanol–water partition coefficient (Wildman–Crippen LogP) is 3.44. The summed E-state index contributed by atoms with van der Waals surface area (Å²) in [6.45, 7) is 0.365. The molecule has 6 nitrogen and oxygen atoms in total. The molecule has 0 aromatic carbocycles. The summed E-state index contributed by atoms with van der Waals surface area (Å²) < 4.78 is 4.56. The maximum Gasteiger partial charge on any atom is 0.291 e. The number of pyridine rings is 1. The van der Waals surface area contributed by atoms with Gasteiger partial charge in [0.05, 0.1) is 39.9 Å². The van der Waals surface area contributed by atoms with Gasteiger partial charge in [-0.05, 0) is 18.2 Å². The van der Waals surface area contributed by atoms with Gasteiger partial charge in [0.15, 0.2) is 0 Å². The van der Waals surface area contributed by atoms with Crippen LogP contribution in [0.5, 0.6) is 0 Å². The molecule has 27 heavy (non-hydrogen) atoms. The first-order valence-electron chi connectivity index (χ1n) is 8.44. The average Bonchev–Trinajstić information content (AvgIpc) is 3.38. The van der Waals surface area contributed by atoms with E-state index in [2.05, 4.69) is 26.5 Å². The van der Waals surface area contributed by atoms with E-state index in [1.807, 2.05) is 35.3 Å². The van der Waals surface area contributed by atoms with Crippen molar-refractivity contribution in [2.45, 2.75) is 13.0 Å². The van der Waals surface area contributed by atoms with E-state index in [9.17, 15) is 4.79 Å². The van der Waals surface area contributed by atoms with E-state index >= 15 is 0 Å². The normalized spacial score (nSPS) is 11.6. The van der Waals surface area contributed by atoms with Crippen molar-refractivity contribution in [3.63, 3.8) is 0 Å². The van der Waals surface area contributed by atoms with E-state index in [1.165, 1.54) is 9.56 Å². The number of thiazole rings is 1. The van der Waals surface area contributed by atoms with E-state index in [-0.39, 0.29) is 5.56 Å². The fourth-order valence-corrected chi connectivity index (χ4v) is 5.08. The maximum absolute atomic E-state index is 13.0. The number of aromatic nitrogens is 5. The smallest absolute Gasteiger partial charge is 0.291 e. The van der Waals surface area contributed by atoms with E-state index < -0.39 is 0 Å². The molecule has 0 saturated heterocycles. The highest BCUT2D eigenvalue weighted by atomic mass is 32.1. The van der Waals surface area contributed by atoms with Crippen molar-refractivity contribution in [2.75, 3.05) is 0 Å². The van der Waals surface area contributed by atoms with Gasteiger partial charge in [-0.3, -0.25) is 9.78 Å². The molecule has 5 aromatic rings. The van der Waals surface area contributed by atoms with Crippen molar-refractivity contribution >= 4 is 43.8 Å². The first-order valence-corrected chi connectivity index (χ1v) is 10.2. The molecular weight excluding hydrogens is 378 g/mol. The first-order chi connectivity index (χ1) is 13.2. The van der Waals surface area contributed by atoms with Crippen molar-refractivity contribution < 1.29 is 0 Å². The molecule has 0 unspecified atom stereocenters. The van der Waals surface area contributed by atoms with Gasteiger partial charge >= 0.3 is 0 Å². The number of thiophene rings is 1. The molecule has 0 aliphatic heterocycles. The number of rotatable bonds is 4. The zero-order valence-corrected chi connectivity index (χ0v) is 16.1. The van der Waals surface area contributed by atoms with Crippen LogP contribution in [0.15, 0.2) is 52.3 Å². The van der Waals surface area contributed by atoms with Gasteiger partial charge in [-0.15, -0.1) is 22.7 Å². The van der Waals surface area contributed by atoms with Crippen LogP contribution in [0.4, 0.5) is 0 Å². The van der Waals surface area contributed by atoms with E-state index in [4.69, 9.17) is 0 Å². The van der Waals surface area contributed by atoms with Crippen molar-refractivity contribution in [3.05, 3.63) is 74.2 Å². The number of aryl methyl sites for hydroxylation is 1. The summed E-state index contributed by atoms with van der Waals surface area (Å²) in [5, 5.41) is 7.37. The summed E-state index contributed by atoms with van der Waals surface area (Å²) in [4.78, 5) is 22.9. The Labute approximate surface area is 162 Å². The lowest BCUT2D eigenvalue weighted by Gasteiger charge is -2.05. The molecule has 0 spiro atoms. The molecule has 0 radical (unpaired) electrons. The Kier molecular flexibility index (Phi) is 3.87. The minimum atomic E-state index is -0.0925. The van der Waals surface area contributed by atoms with Crippen LogP contribution >= 0.6 is 22.7 Å². The van der Waals surface area contributed by atoms with Crippen molar-refractivity contribution in [1.29, 1.82) is 0 Å². The SMILES string of the molecule is Cn1c2cc(Cc3cscn3)sc2c2cnn(Cc3ccccn3)c(=O)c21. The van der Waals surface area contributed by atoms with Gasteiger partial charge in [0.2, 0.25) is 0 Å². The van der Waals surface area contributed by atoms with E-state index in [1.54, 1.807) is 35.1 Å². The third-order valence-corrected chi connectivity index (χ3v) is 6.39. The van der Waals surface area contributed by atoms with Crippen molar-refractivity contribution in [3.8, 4) is 0 Å². The van der Waals surface area contributed by atoms with Crippen LogP contribution < -0.4 is 5.56 Å². The molecule has 5 rings (SSSR count). The molecule has 8 heteroatoms. The summed E-state index contributed by atoms with van der Waals surface area (Å²) in [5.74, 6) is 0. The number of fused-ring (bicyclic) bond motifs is 3. The molecule has 0 bridgehead atoms. The van der Waals surface area contributed by atoms with Crippen LogP contribution in [0.25, 0.3) is 21.1 Å². The Bertz CT molecular complexity index is 1300. The second kappa shape index (κ2) is 6.40. The molecule has 5 heterocycles. The van der Waals surface area contributed by atoms with Crippen molar-refractivity contribution in [1.82, 2.24) is 24.3 Å². The lowest BCUT2D eigenvalue weighted by Crippen LogP contribution is -2.24. The summed E-state index contributed by atoms with van der Waals surface area (Å²) >= 11 is 3.31. The van der Waals surface area contributed by atoms with Crippen LogP contribution in [0.1, 0.15) is 16.3 Å². The third kappa shape index (κ3) is 2.77. The predicted molar refractivity (Wildman–Crippen MR) is 109 cm³/mol. The highest BCUT2D eigenvalue weighted by molar-refractivity contribution is 7.20. The molecule has 0 atom stereocenters. The Morgan fingerprint density at radius 1 is 1.19 bits per heavy atom. The zero-order chi connectivity index (χ0) is 18.4. The topological polar surface area (TPSA) is 65.6 Å². The summed E-state index contributed by atoms with van der Waals surface area (Å²) in [6.07, 6.45) is 4.33.